The number of thiocarbonyl (C=S) groups is 1. The van der Waals surface area contributed by atoms with Crippen molar-refractivity contribution >= 4 is 67.8 Å². The quantitative estimate of drug-likeness (QED) is 0.457. The van der Waals surface area contributed by atoms with Crippen molar-refractivity contribution in [3.05, 3.63) is 69.3 Å². The number of anilines is 1. The molecule has 1 fully saturated rings. The lowest BCUT2D eigenvalue weighted by molar-refractivity contribution is -0.122. The SMILES string of the molecule is O=C(CCCN1C(=O)/C(=C\c2cccc(Br)c2)SC1=S)Nc1ccc(F)cc1. The lowest BCUT2D eigenvalue weighted by Gasteiger charge is -2.14. The molecule has 2 amide bonds. The molecule has 1 N–H and O–H groups in total. The number of amides is 2. The fraction of sp³-hybridized carbons (Fsp3) is 0.150. The average Bonchev–Trinajstić information content (AvgIpc) is 2.91. The minimum atomic E-state index is -0.358. The monoisotopic (exact) mass is 478 g/mol. The molecular formula is C20H16BrFN2O2S2. The second-order valence-electron chi connectivity index (χ2n) is 6.05. The molecule has 8 heteroatoms. The van der Waals surface area contributed by atoms with E-state index in [2.05, 4.69) is 21.2 Å². The van der Waals surface area contributed by atoms with Gasteiger partial charge < -0.3 is 5.32 Å². The summed E-state index contributed by atoms with van der Waals surface area (Å²) in [4.78, 5) is 26.7. The maximum absolute atomic E-state index is 12.9. The van der Waals surface area contributed by atoms with Crippen LogP contribution in [0.2, 0.25) is 0 Å². The lowest BCUT2D eigenvalue weighted by Crippen LogP contribution is -2.29. The average molecular weight is 479 g/mol. The number of nitrogens with zero attached hydrogens (tertiary/aromatic N) is 1. The van der Waals surface area contributed by atoms with Crippen LogP contribution in [0, 0.1) is 5.82 Å². The van der Waals surface area contributed by atoms with E-state index in [-0.39, 0.29) is 24.1 Å². The molecule has 1 aliphatic rings. The molecule has 0 bridgehead atoms. The highest BCUT2D eigenvalue weighted by molar-refractivity contribution is 9.10. The third-order valence-corrected chi connectivity index (χ3v) is 5.80. The van der Waals surface area contributed by atoms with Gasteiger partial charge in [0.2, 0.25) is 5.91 Å². The highest BCUT2D eigenvalue weighted by Gasteiger charge is 2.31. The van der Waals surface area contributed by atoms with Crippen molar-refractivity contribution in [3.8, 4) is 0 Å². The van der Waals surface area contributed by atoms with Gasteiger partial charge in [0.05, 0.1) is 4.91 Å². The number of hydrogen-bond donors (Lipinski definition) is 1. The molecule has 3 rings (SSSR count). The summed E-state index contributed by atoms with van der Waals surface area (Å²) < 4.78 is 14.3. The standard InChI is InChI=1S/C20H16BrFN2O2S2/c21-14-4-1-3-13(11-14)12-17-19(26)24(20(27)28-17)10-2-5-18(25)23-16-8-6-15(22)7-9-16/h1,3-4,6-9,11-12H,2,5,10H2,(H,23,25)/b17-12+. The summed E-state index contributed by atoms with van der Waals surface area (Å²) in [5.74, 6) is -0.695. The Morgan fingerprint density at radius 3 is 2.71 bits per heavy atom. The molecule has 2 aromatic carbocycles. The number of benzene rings is 2. The topological polar surface area (TPSA) is 49.4 Å². The second-order valence-corrected chi connectivity index (χ2v) is 8.64. The Morgan fingerprint density at radius 2 is 2.00 bits per heavy atom. The Bertz CT molecular complexity index is 947. The summed E-state index contributed by atoms with van der Waals surface area (Å²) in [5, 5.41) is 2.70. The maximum Gasteiger partial charge on any atom is 0.266 e. The Hall–Kier alpha value is -2.03. The highest BCUT2D eigenvalue weighted by atomic mass is 79.9. The molecular weight excluding hydrogens is 463 g/mol. The van der Waals surface area contributed by atoms with Crippen LogP contribution in [0.4, 0.5) is 10.1 Å². The van der Waals surface area contributed by atoms with Crippen molar-refractivity contribution in [2.45, 2.75) is 12.8 Å². The zero-order chi connectivity index (χ0) is 20.1. The van der Waals surface area contributed by atoms with Crippen LogP contribution < -0.4 is 5.32 Å². The third kappa shape index (κ3) is 5.50. The number of rotatable bonds is 6. The fourth-order valence-corrected chi connectivity index (χ4v) is 4.32. The Kier molecular flexibility index (Phi) is 6.98. The normalized spacial score (nSPS) is 15.4. The predicted molar refractivity (Wildman–Crippen MR) is 118 cm³/mol. The summed E-state index contributed by atoms with van der Waals surface area (Å²) in [6.07, 6.45) is 2.52. The second kappa shape index (κ2) is 9.45. The molecule has 4 nitrogen and oxygen atoms in total. The Balaban J connectivity index is 1.53. The number of halogens is 2. The minimum absolute atomic E-state index is 0.145. The zero-order valence-corrected chi connectivity index (χ0v) is 17.9. The summed E-state index contributed by atoms with van der Waals surface area (Å²) >= 11 is 9.99. The van der Waals surface area contributed by atoms with E-state index in [0.29, 0.717) is 27.9 Å². The number of carbonyl (C=O) groups excluding carboxylic acids is 2. The summed E-state index contributed by atoms with van der Waals surface area (Å²) in [7, 11) is 0. The third-order valence-electron chi connectivity index (χ3n) is 3.93. The first-order valence-electron chi connectivity index (χ1n) is 8.49. The lowest BCUT2D eigenvalue weighted by atomic mass is 10.2. The molecule has 1 heterocycles. The first-order chi connectivity index (χ1) is 13.4. The van der Waals surface area contributed by atoms with Crippen molar-refractivity contribution in [3.63, 3.8) is 0 Å². The Labute approximate surface area is 180 Å². The molecule has 0 aromatic heterocycles. The van der Waals surface area contributed by atoms with E-state index in [9.17, 15) is 14.0 Å². The molecule has 0 atom stereocenters. The van der Waals surface area contributed by atoms with Crippen LogP contribution in [0.3, 0.4) is 0 Å². The smallest absolute Gasteiger partial charge is 0.266 e. The van der Waals surface area contributed by atoms with Gasteiger partial charge in [-0.05, 0) is 54.5 Å². The van der Waals surface area contributed by atoms with E-state index in [1.807, 2.05) is 30.3 Å². The molecule has 0 saturated carbocycles. The van der Waals surface area contributed by atoms with Crippen molar-refractivity contribution in [1.82, 2.24) is 4.90 Å². The van der Waals surface area contributed by atoms with Gasteiger partial charge in [0.25, 0.3) is 5.91 Å². The summed E-state index contributed by atoms with van der Waals surface area (Å²) in [5.41, 5.74) is 1.45. The van der Waals surface area contributed by atoms with Crippen LogP contribution in [-0.2, 0) is 9.59 Å². The highest BCUT2D eigenvalue weighted by Crippen LogP contribution is 2.33. The van der Waals surface area contributed by atoms with E-state index < -0.39 is 0 Å². The van der Waals surface area contributed by atoms with E-state index in [4.69, 9.17) is 12.2 Å². The number of hydrogen-bond acceptors (Lipinski definition) is 4. The number of nitrogens with one attached hydrogen (secondary N) is 1. The van der Waals surface area contributed by atoms with Gasteiger partial charge >= 0.3 is 0 Å². The number of carbonyl (C=O) groups is 2. The first-order valence-corrected chi connectivity index (χ1v) is 10.5. The van der Waals surface area contributed by atoms with Crippen molar-refractivity contribution in [2.24, 2.45) is 0 Å². The first kappa shape index (κ1) is 20.7. The van der Waals surface area contributed by atoms with Gasteiger partial charge in [-0.15, -0.1) is 0 Å². The minimum Gasteiger partial charge on any atom is -0.326 e. The summed E-state index contributed by atoms with van der Waals surface area (Å²) in [6.45, 7) is 0.372. The molecule has 1 saturated heterocycles. The largest absolute Gasteiger partial charge is 0.326 e. The van der Waals surface area contributed by atoms with Gasteiger partial charge in [0, 0.05) is 23.1 Å². The van der Waals surface area contributed by atoms with Gasteiger partial charge in [0.15, 0.2) is 0 Å². The molecule has 0 radical (unpaired) electrons. The molecule has 0 unspecified atom stereocenters. The molecule has 2 aromatic rings. The van der Waals surface area contributed by atoms with Gasteiger partial charge in [-0.2, -0.15) is 0 Å². The van der Waals surface area contributed by atoms with Crippen LogP contribution in [0.15, 0.2) is 57.9 Å². The van der Waals surface area contributed by atoms with Crippen LogP contribution >= 0.6 is 39.9 Å². The van der Waals surface area contributed by atoms with E-state index in [1.165, 1.54) is 40.9 Å². The fourth-order valence-electron chi connectivity index (χ4n) is 2.59. The van der Waals surface area contributed by atoms with Crippen LogP contribution in [0.1, 0.15) is 18.4 Å². The van der Waals surface area contributed by atoms with Crippen LogP contribution in [-0.4, -0.2) is 27.6 Å². The van der Waals surface area contributed by atoms with Gasteiger partial charge in [-0.25, -0.2) is 4.39 Å². The van der Waals surface area contributed by atoms with Crippen LogP contribution in [0.5, 0.6) is 0 Å². The zero-order valence-electron chi connectivity index (χ0n) is 14.7. The van der Waals surface area contributed by atoms with Crippen molar-refractivity contribution in [2.75, 3.05) is 11.9 Å². The summed E-state index contributed by atoms with van der Waals surface area (Å²) in [6, 6.07) is 13.2. The molecule has 1 aliphatic heterocycles. The van der Waals surface area contributed by atoms with Crippen LogP contribution in [0.25, 0.3) is 6.08 Å². The van der Waals surface area contributed by atoms with Crippen molar-refractivity contribution < 1.29 is 14.0 Å². The number of thioether (sulfide) groups is 1. The van der Waals surface area contributed by atoms with Gasteiger partial charge in [-0.1, -0.05) is 52.0 Å². The van der Waals surface area contributed by atoms with Gasteiger partial charge in [-0.3, -0.25) is 14.5 Å². The molecule has 28 heavy (non-hydrogen) atoms. The van der Waals surface area contributed by atoms with Gasteiger partial charge in [0.1, 0.15) is 10.1 Å². The molecule has 0 spiro atoms. The maximum atomic E-state index is 12.9. The van der Waals surface area contributed by atoms with E-state index in [1.54, 1.807) is 0 Å². The molecule has 144 valence electrons. The Morgan fingerprint density at radius 1 is 1.25 bits per heavy atom. The van der Waals surface area contributed by atoms with E-state index >= 15 is 0 Å². The van der Waals surface area contributed by atoms with Crippen molar-refractivity contribution in [1.29, 1.82) is 0 Å². The molecule has 0 aliphatic carbocycles. The predicted octanol–water partition coefficient (Wildman–Crippen LogP) is 5.21. The van der Waals surface area contributed by atoms with E-state index in [0.717, 1.165) is 10.0 Å².